The zero-order chi connectivity index (χ0) is 26.1. The summed E-state index contributed by atoms with van der Waals surface area (Å²) in [5.74, 6) is -1.86. The molecule has 0 saturated heterocycles. The van der Waals surface area contributed by atoms with E-state index in [1.54, 1.807) is 36.4 Å². The van der Waals surface area contributed by atoms with Crippen molar-refractivity contribution in [3.05, 3.63) is 81.8 Å². The molecule has 0 heterocycles. The second-order valence-electron chi connectivity index (χ2n) is 7.40. The van der Waals surface area contributed by atoms with E-state index in [1.807, 2.05) is 19.1 Å². The number of nitrogens with one attached hydrogen (secondary N) is 3. The van der Waals surface area contributed by atoms with Crippen molar-refractivity contribution in [1.82, 2.24) is 5.43 Å². The lowest BCUT2D eigenvalue weighted by Crippen LogP contribution is -2.32. The Kier molecular flexibility index (Phi) is 9.26. The van der Waals surface area contributed by atoms with Crippen LogP contribution in [-0.2, 0) is 14.4 Å². The number of methoxy groups -OCH3 is 1. The Hall–Kier alpha value is -4.08. The number of anilines is 2. The molecule has 3 rings (SSSR count). The molecule has 0 radical (unpaired) electrons. The average Bonchev–Trinajstić information content (AvgIpc) is 2.84. The lowest BCUT2D eigenvalue weighted by atomic mass is 10.2. The number of hydrazone groups is 1. The van der Waals surface area contributed by atoms with Crippen molar-refractivity contribution in [2.75, 3.05) is 24.4 Å². The summed E-state index contributed by atoms with van der Waals surface area (Å²) in [5.41, 5.74) is 4.65. The Labute approximate surface area is 217 Å². The van der Waals surface area contributed by atoms with Gasteiger partial charge in [-0.1, -0.05) is 47.0 Å². The Morgan fingerprint density at radius 2 is 1.69 bits per heavy atom. The third-order valence-electron chi connectivity index (χ3n) is 4.60. The molecule has 0 bridgehead atoms. The maximum Gasteiger partial charge on any atom is 0.329 e. The van der Waals surface area contributed by atoms with Crippen molar-refractivity contribution in [2.24, 2.45) is 5.10 Å². The topological polar surface area (TPSA) is 118 Å². The number of rotatable bonds is 8. The van der Waals surface area contributed by atoms with Gasteiger partial charge in [0.15, 0.2) is 18.1 Å². The summed E-state index contributed by atoms with van der Waals surface area (Å²) in [6.45, 7) is 1.65. The van der Waals surface area contributed by atoms with Crippen molar-refractivity contribution in [3.63, 3.8) is 0 Å². The van der Waals surface area contributed by atoms with Crippen molar-refractivity contribution < 1.29 is 23.9 Å². The number of hydrogen-bond donors (Lipinski definition) is 3. The summed E-state index contributed by atoms with van der Waals surface area (Å²) in [4.78, 5) is 36.2. The van der Waals surface area contributed by atoms with E-state index in [2.05, 4.69) is 21.2 Å². The number of halogens is 2. The van der Waals surface area contributed by atoms with E-state index < -0.39 is 11.8 Å². The molecule has 3 aromatic carbocycles. The fraction of sp³-hybridized carbons (Fsp3) is 0.120. The predicted octanol–water partition coefficient (Wildman–Crippen LogP) is 4.42. The molecule has 3 N–H and O–H groups in total. The van der Waals surface area contributed by atoms with Gasteiger partial charge in [0.05, 0.1) is 18.3 Å². The van der Waals surface area contributed by atoms with Crippen molar-refractivity contribution in [1.29, 1.82) is 0 Å². The number of nitrogens with zero attached hydrogens (tertiary/aromatic N) is 1. The van der Waals surface area contributed by atoms with Crippen LogP contribution in [0.2, 0.25) is 10.0 Å². The molecule has 9 nitrogen and oxygen atoms in total. The molecule has 0 unspecified atom stereocenters. The van der Waals surface area contributed by atoms with E-state index >= 15 is 0 Å². The first-order valence-corrected chi connectivity index (χ1v) is 11.3. The molecular formula is C25H22Cl2N4O5. The van der Waals surface area contributed by atoms with Gasteiger partial charge in [-0.3, -0.25) is 14.4 Å². The first-order valence-electron chi connectivity index (χ1n) is 10.5. The maximum absolute atomic E-state index is 12.2. The number of carbonyl (C=O) groups excluding carboxylic acids is 3. The molecule has 0 aliphatic carbocycles. The fourth-order valence-corrected chi connectivity index (χ4v) is 3.36. The van der Waals surface area contributed by atoms with Gasteiger partial charge in [-0.05, 0) is 55.0 Å². The van der Waals surface area contributed by atoms with Gasteiger partial charge in [-0.2, -0.15) is 5.10 Å². The molecule has 0 saturated carbocycles. The first-order chi connectivity index (χ1) is 17.2. The summed E-state index contributed by atoms with van der Waals surface area (Å²) in [6.07, 6.45) is 1.27. The van der Waals surface area contributed by atoms with Crippen molar-refractivity contribution >= 4 is 58.5 Å². The Balaban J connectivity index is 1.57. The summed E-state index contributed by atoms with van der Waals surface area (Å²) in [7, 11) is 1.41. The number of benzene rings is 3. The summed E-state index contributed by atoms with van der Waals surface area (Å²) in [6, 6.07) is 16.7. The lowest BCUT2D eigenvalue weighted by Gasteiger charge is -2.13. The van der Waals surface area contributed by atoms with Crippen LogP contribution in [0.25, 0.3) is 0 Å². The monoisotopic (exact) mass is 528 g/mol. The van der Waals surface area contributed by atoms with Gasteiger partial charge in [-0.15, -0.1) is 0 Å². The molecule has 0 spiro atoms. The SMILES string of the molecule is COc1cc(/C=N\NC(=O)C(=O)Nc2cccc(Cl)c2)cc(Cl)c1OCC(=O)Nc1ccc(C)cc1. The Bertz CT molecular complexity index is 1300. The number of ether oxygens (including phenoxy) is 2. The molecule has 0 aliphatic heterocycles. The highest BCUT2D eigenvalue weighted by molar-refractivity contribution is 6.39. The minimum absolute atomic E-state index is 0.156. The third-order valence-corrected chi connectivity index (χ3v) is 5.12. The highest BCUT2D eigenvalue weighted by atomic mass is 35.5. The highest BCUT2D eigenvalue weighted by Crippen LogP contribution is 2.36. The number of hydrogen-bond acceptors (Lipinski definition) is 6. The molecule has 0 fully saturated rings. The first kappa shape index (κ1) is 26.5. The minimum Gasteiger partial charge on any atom is -0.493 e. The quantitative estimate of drug-likeness (QED) is 0.227. The molecule has 3 aromatic rings. The minimum atomic E-state index is -0.983. The lowest BCUT2D eigenvalue weighted by molar-refractivity contribution is -0.136. The molecule has 0 atom stereocenters. The molecule has 11 heteroatoms. The molecule has 36 heavy (non-hydrogen) atoms. The normalized spacial score (nSPS) is 10.6. The zero-order valence-electron chi connectivity index (χ0n) is 19.3. The number of carbonyl (C=O) groups is 3. The van der Waals surface area contributed by atoms with Crippen LogP contribution in [0.4, 0.5) is 11.4 Å². The van der Waals surface area contributed by atoms with Crippen molar-refractivity contribution in [3.8, 4) is 11.5 Å². The van der Waals surface area contributed by atoms with Gasteiger partial charge < -0.3 is 20.1 Å². The van der Waals surface area contributed by atoms with Crippen LogP contribution >= 0.6 is 23.2 Å². The Morgan fingerprint density at radius 3 is 2.39 bits per heavy atom. The van der Waals surface area contributed by atoms with Crippen LogP contribution in [0, 0.1) is 6.92 Å². The van der Waals surface area contributed by atoms with E-state index in [0.29, 0.717) is 22.0 Å². The van der Waals surface area contributed by atoms with E-state index in [1.165, 1.54) is 25.5 Å². The smallest absolute Gasteiger partial charge is 0.329 e. The number of amides is 3. The van der Waals surface area contributed by atoms with Gasteiger partial charge in [0, 0.05) is 16.4 Å². The molecular weight excluding hydrogens is 507 g/mol. The number of aryl methyl sites for hydroxylation is 1. The van der Waals surface area contributed by atoms with Gasteiger partial charge in [-0.25, -0.2) is 5.43 Å². The van der Waals surface area contributed by atoms with Crippen LogP contribution in [0.15, 0.2) is 65.8 Å². The second-order valence-corrected chi connectivity index (χ2v) is 8.24. The molecule has 0 aromatic heterocycles. The van der Waals surface area contributed by atoms with Crippen LogP contribution in [0.1, 0.15) is 11.1 Å². The standard InChI is InChI=1S/C25H22Cl2N4O5/c1-15-6-8-18(9-7-15)29-22(32)14-36-23-20(27)10-16(11-21(23)35-2)13-28-31-25(34)24(33)30-19-5-3-4-17(26)12-19/h3-13H,14H2,1-2H3,(H,29,32)(H,30,33)(H,31,34)/b28-13-. The van der Waals surface area contributed by atoms with Crippen LogP contribution in [0.5, 0.6) is 11.5 Å². The average molecular weight is 529 g/mol. The molecule has 0 aliphatic rings. The fourth-order valence-electron chi connectivity index (χ4n) is 2.90. The summed E-state index contributed by atoms with van der Waals surface area (Å²) >= 11 is 12.2. The summed E-state index contributed by atoms with van der Waals surface area (Å²) in [5, 5.41) is 9.47. The van der Waals surface area contributed by atoms with E-state index in [4.69, 9.17) is 32.7 Å². The van der Waals surface area contributed by atoms with Gasteiger partial charge >= 0.3 is 11.8 Å². The van der Waals surface area contributed by atoms with Crippen molar-refractivity contribution in [2.45, 2.75) is 6.92 Å². The largest absolute Gasteiger partial charge is 0.493 e. The van der Waals surface area contributed by atoms with Gasteiger partial charge in [0.2, 0.25) is 0 Å². The Morgan fingerprint density at radius 1 is 0.944 bits per heavy atom. The van der Waals surface area contributed by atoms with Gasteiger partial charge in [0.25, 0.3) is 5.91 Å². The van der Waals surface area contributed by atoms with E-state index in [0.717, 1.165) is 5.56 Å². The van der Waals surface area contributed by atoms with Crippen LogP contribution in [-0.4, -0.2) is 37.7 Å². The maximum atomic E-state index is 12.2. The third kappa shape index (κ3) is 7.72. The second kappa shape index (κ2) is 12.6. The zero-order valence-corrected chi connectivity index (χ0v) is 20.8. The van der Waals surface area contributed by atoms with Crippen LogP contribution in [0.3, 0.4) is 0 Å². The molecule has 186 valence electrons. The summed E-state index contributed by atoms with van der Waals surface area (Å²) < 4.78 is 10.9. The predicted molar refractivity (Wildman–Crippen MR) is 139 cm³/mol. The van der Waals surface area contributed by atoms with Crippen LogP contribution < -0.4 is 25.5 Å². The molecule has 3 amide bonds. The van der Waals surface area contributed by atoms with E-state index in [9.17, 15) is 14.4 Å². The highest BCUT2D eigenvalue weighted by Gasteiger charge is 2.15. The van der Waals surface area contributed by atoms with Gasteiger partial charge in [0.1, 0.15) is 0 Å². The van der Waals surface area contributed by atoms with E-state index in [-0.39, 0.29) is 29.0 Å².